The number of rotatable bonds is 5. The second-order valence-electron chi connectivity index (χ2n) is 6.43. The molecule has 2 rings (SSSR count). The maximum Gasteiger partial charge on any atom is 0.222 e. The second-order valence-corrected chi connectivity index (χ2v) is 6.43. The Morgan fingerprint density at radius 1 is 1.33 bits per heavy atom. The Kier molecular flexibility index (Phi) is 5.09. The van der Waals surface area contributed by atoms with E-state index in [-0.39, 0.29) is 17.5 Å². The third-order valence-corrected chi connectivity index (χ3v) is 4.76. The molecule has 0 bridgehead atoms. The highest BCUT2D eigenvalue weighted by atomic mass is 16.3. The lowest BCUT2D eigenvalue weighted by Gasteiger charge is -2.37. The number of nitrogens with one attached hydrogen (secondary N) is 2. The van der Waals surface area contributed by atoms with Gasteiger partial charge in [-0.05, 0) is 46.7 Å². The molecule has 0 radical (unpaired) electrons. The predicted octanol–water partition coefficient (Wildman–Crippen LogP) is 3.39. The Bertz CT molecular complexity index is 487. The topological polar surface area (TPSA) is 54.3 Å². The van der Waals surface area contributed by atoms with Gasteiger partial charge in [0.1, 0.15) is 11.5 Å². The van der Waals surface area contributed by atoms with Gasteiger partial charge < -0.3 is 15.1 Å². The fourth-order valence-electron chi connectivity index (χ4n) is 3.50. The van der Waals surface area contributed by atoms with Crippen LogP contribution in [0.5, 0.6) is 0 Å². The van der Waals surface area contributed by atoms with Crippen molar-refractivity contribution in [2.45, 2.75) is 70.9 Å². The molecule has 1 saturated carbocycles. The zero-order valence-corrected chi connectivity index (χ0v) is 13.7. The molecule has 1 aliphatic rings. The van der Waals surface area contributed by atoms with Gasteiger partial charge in [-0.1, -0.05) is 19.3 Å². The smallest absolute Gasteiger partial charge is 0.222 e. The van der Waals surface area contributed by atoms with Crippen LogP contribution in [0, 0.1) is 13.8 Å². The maximum atomic E-state index is 12.4. The number of furan rings is 1. The van der Waals surface area contributed by atoms with Gasteiger partial charge in [-0.15, -0.1) is 0 Å². The van der Waals surface area contributed by atoms with Crippen molar-refractivity contribution >= 4 is 5.91 Å². The van der Waals surface area contributed by atoms with Crippen molar-refractivity contribution in [2.24, 2.45) is 0 Å². The number of amides is 1. The number of carbonyl (C=O) groups excluding carboxylic acids is 1. The summed E-state index contributed by atoms with van der Waals surface area (Å²) < 4.78 is 5.54. The summed E-state index contributed by atoms with van der Waals surface area (Å²) in [6.45, 7) is 5.90. The van der Waals surface area contributed by atoms with E-state index in [1.165, 1.54) is 19.3 Å². The fraction of sp³-hybridized carbons (Fsp3) is 0.706. The quantitative estimate of drug-likeness (QED) is 0.874. The van der Waals surface area contributed by atoms with Gasteiger partial charge in [0, 0.05) is 17.5 Å². The summed E-state index contributed by atoms with van der Waals surface area (Å²) in [6.07, 6.45) is 6.45. The molecule has 0 saturated heterocycles. The summed E-state index contributed by atoms with van der Waals surface area (Å²) >= 11 is 0. The first-order valence-corrected chi connectivity index (χ1v) is 8.01. The molecule has 1 aliphatic carbocycles. The molecule has 1 unspecified atom stereocenters. The Hall–Kier alpha value is -1.29. The normalized spacial score (nSPS) is 19.2. The number of aryl methyl sites for hydroxylation is 2. The lowest BCUT2D eigenvalue weighted by Crippen LogP contribution is -2.48. The molecule has 1 atom stereocenters. The van der Waals surface area contributed by atoms with Crippen molar-refractivity contribution in [3.63, 3.8) is 0 Å². The second kappa shape index (κ2) is 6.65. The van der Waals surface area contributed by atoms with Gasteiger partial charge in [-0.25, -0.2) is 0 Å². The lowest BCUT2D eigenvalue weighted by atomic mass is 9.79. The van der Waals surface area contributed by atoms with Crippen molar-refractivity contribution in [3.8, 4) is 0 Å². The van der Waals surface area contributed by atoms with E-state index in [2.05, 4.69) is 10.6 Å². The highest BCUT2D eigenvalue weighted by Crippen LogP contribution is 2.31. The molecule has 0 aromatic carbocycles. The minimum atomic E-state index is -0.0105. The van der Waals surface area contributed by atoms with Crippen molar-refractivity contribution < 1.29 is 9.21 Å². The van der Waals surface area contributed by atoms with E-state index >= 15 is 0 Å². The number of hydrogen-bond donors (Lipinski definition) is 2. The van der Waals surface area contributed by atoms with Crippen LogP contribution in [0.3, 0.4) is 0 Å². The maximum absolute atomic E-state index is 12.4. The van der Waals surface area contributed by atoms with Crippen LogP contribution in [0.4, 0.5) is 0 Å². The van der Waals surface area contributed by atoms with Gasteiger partial charge in [-0.2, -0.15) is 0 Å². The molecule has 2 N–H and O–H groups in total. The minimum absolute atomic E-state index is 0.00699. The Morgan fingerprint density at radius 2 is 2.00 bits per heavy atom. The summed E-state index contributed by atoms with van der Waals surface area (Å²) in [6, 6.07) is 2.00. The monoisotopic (exact) mass is 292 g/mol. The summed E-state index contributed by atoms with van der Waals surface area (Å²) in [5.41, 5.74) is 1.06. The van der Waals surface area contributed by atoms with Crippen LogP contribution in [-0.4, -0.2) is 18.5 Å². The Balaban J connectivity index is 1.96. The number of carbonyl (C=O) groups is 1. The SMILES string of the molecule is CNC1(CC(=O)NC(C)c2cc(C)oc2C)CCCCC1. The van der Waals surface area contributed by atoms with Crippen molar-refractivity contribution in [1.82, 2.24) is 10.6 Å². The highest BCUT2D eigenvalue weighted by molar-refractivity contribution is 5.77. The van der Waals surface area contributed by atoms with Crippen molar-refractivity contribution in [2.75, 3.05) is 7.05 Å². The van der Waals surface area contributed by atoms with Crippen molar-refractivity contribution in [3.05, 3.63) is 23.2 Å². The highest BCUT2D eigenvalue weighted by Gasteiger charge is 2.33. The Labute approximate surface area is 127 Å². The predicted molar refractivity (Wildman–Crippen MR) is 84.2 cm³/mol. The Morgan fingerprint density at radius 3 is 2.52 bits per heavy atom. The fourth-order valence-corrected chi connectivity index (χ4v) is 3.50. The van der Waals surface area contributed by atoms with E-state index in [0.717, 1.165) is 29.9 Å². The molecule has 1 aromatic heterocycles. The first-order chi connectivity index (χ1) is 9.96. The molecule has 1 aromatic rings. The molecule has 1 heterocycles. The third kappa shape index (κ3) is 3.88. The van der Waals surface area contributed by atoms with Gasteiger partial charge in [0.15, 0.2) is 0 Å². The largest absolute Gasteiger partial charge is 0.466 e. The molecule has 0 spiro atoms. The zero-order valence-electron chi connectivity index (χ0n) is 13.7. The summed E-state index contributed by atoms with van der Waals surface area (Å²) in [4.78, 5) is 12.4. The van der Waals surface area contributed by atoms with E-state index in [4.69, 9.17) is 4.42 Å². The van der Waals surface area contributed by atoms with Gasteiger partial charge in [-0.3, -0.25) is 4.79 Å². The van der Waals surface area contributed by atoms with Crippen LogP contribution in [0.2, 0.25) is 0 Å². The van der Waals surface area contributed by atoms with E-state index in [0.29, 0.717) is 6.42 Å². The molecular formula is C17H28N2O2. The van der Waals surface area contributed by atoms with Crippen molar-refractivity contribution in [1.29, 1.82) is 0 Å². The first-order valence-electron chi connectivity index (χ1n) is 8.01. The zero-order chi connectivity index (χ0) is 15.5. The summed E-state index contributed by atoms with van der Waals surface area (Å²) in [5, 5.41) is 6.52. The van der Waals surface area contributed by atoms with Crippen LogP contribution < -0.4 is 10.6 Å². The molecule has 4 nitrogen and oxygen atoms in total. The van der Waals surface area contributed by atoms with Gasteiger partial charge >= 0.3 is 0 Å². The van der Waals surface area contributed by atoms with Crippen LogP contribution >= 0.6 is 0 Å². The summed E-state index contributed by atoms with van der Waals surface area (Å²) in [7, 11) is 1.98. The van der Waals surface area contributed by atoms with E-state index in [9.17, 15) is 4.79 Å². The van der Waals surface area contributed by atoms with Crippen LogP contribution in [0.1, 0.15) is 68.6 Å². The van der Waals surface area contributed by atoms with Crippen LogP contribution in [-0.2, 0) is 4.79 Å². The van der Waals surface area contributed by atoms with E-state index in [1.54, 1.807) is 0 Å². The van der Waals surface area contributed by atoms with Crippen LogP contribution in [0.25, 0.3) is 0 Å². The van der Waals surface area contributed by atoms with Gasteiger partial charge in [0.25, 0.3) is 0 Å². The number of hydrogen-bond acceptors (Lipinski definition) is 3. The van der Waals surface area contributed by atoms with Crippen LogP contribution in [0.15, 0.2) is 10.5 Å². The third-order valence-electron chi connectivity index (χ3n) is 4.76. The molecule has 4 heteroatoms. The average Bonchev–Trinajstić information content (AvgIpc) is 2.78. The lowest BCUT2D eigenvalue weighted by molar-refractivity contribution is -0.123. The molecule has 0 aliphatic heterocycles. The molecular weight excluding hydrogens is 264 g/mol. The van der Waals surface area contributed by atoms with E-state index in [1.807, 2.05) is 33.9 Å². The summed E-state index contributed by atoms with van der Waals surface area (Å²) in [5.74, 6) is 1.90. The van der Waals surface area contributed by atoms with Gasteiger partial charge in [0.2, 0.25) is 5.91 Å². The molecule has 21 heavy (non-hydrogen) atoms. The standard InChI is InChI=1S/C17H28N2O2/c1-12-10-15(14(3)21-12)13(2)19-16(20)11-17(18-4)8-6-5-7-9-17/h10,13,18H,5-9,11H2,1-4H3,(H,19,20). The average molecular weight is 292 g/mol. The molecule has 118 valence electrons. The first kappa shape index (κ1) is 16.1. The van der Waals surface area contributed by atoms with Gasteiger partial charge in [0.05, 0.1) is 6.04 Å². The molecule has 1 fully saturated rings. The van der Waals surface area contributed by atoms with E-state index < -0.39 is 0 Å². The minimum Gasteiger partial charge on any atom is -0.466 e. The molecule has 1 amide bonds.